The molecule has 3 aromatic rings. The van der Waals surface area contributed by atoms with Crippen molar-refractivity contribution in [3.05, 3.63) is 48.2 Å². The number of amides is 1. The minimum Gasteiger partial charge on any atom is -0.342 e. The minimum absolute atomic E-state index is 0.0466. The number of carbonyl (C=O) groups is 1. The molecular formula is C20H18N4O. The van der Waals surface area contributed by atoms with E-state index in [9.17, 15) is 10.1 Å². The molecule has 1 N–H and O–H groups in total. The first-order valence-electron chi connectivity index (χ1n) is 8.34. The molecule has 0 saturated heterocycles. The first-order chi connectivity index (χ1) is 12.1. The molecule has 1 fully saturated rings. The number of rotatable bonds is 3. The molecule has 2 aromatic heterocycles. The van der Waals surface area contributed by atoms with Crippen LogP contribution in [-0.4, -0.2) is 15.5 Å². The number of anilines is 1. The molecular weight excluding hydrogens is 312 g/mol. The van der Waals surface area contributed by atoms with Gasteiger partial charge >= 0.3 is 0 Å². The van der Waals surface area contributed by atoms with Crippen LogP contribution in [0.2, 0.25) is 0 Å². The number of benzene rings is 1. The van der Waals surface area contributed by atoms with Crippen LogP contribution in [0.4, 0.5) is 5.82 Å². The molecule has 1 amide bonds. The molecule has 0 aliphatic heterocycles. The Hall–Kier alpha value is -3.13. The fraction of sp³-hybridized carbons (Fsp3) is 0.250. The number of hydrogen-bond donors (Lipinski definition) is 1. The molecule has 1 aliphatic carbocycles. The van der Waals surface area contributed by atoms with Crippen LogP contribution in [0.3, 0.4) is 0 Å². The summed E-state index contributed by atoms with van der Waals surface area (Å²) < 4.78 is 2.02. The van der Waals surface area contributed by atoms with Crippen molar-refractivity contribution in [1.29, 1.82) is 5.26 Å². The molecule has 5 heteroatoms. The van der Waals surface area contributed by atoms with E-state index >= 15 is 0 Å². The van der Waals surface area contributed by atoms with E-state index in [4.69, 9.17) is 0 Å². The second kappa shape index (κ2) is 5.75. The standard InChI is InChI=1S/C20H18N4O/c1-12-7-16(12)20(25)23-19-9-14-8-17(24(2)18(14)11-22-19)15-6-4-3-5-13(15)10-21/h3-6,8-9,11-12,16H,7H2,1-2H3,(H,22,23,25)/t12-,16?/m1/s1. The van der Waals surface area contributed by atoms with Gasteiger partial charge in [-0.15, -0.1) is 0 Å². The van der Waals surface area contributed by atoms with Gasteiger partial charge in [0.05, 0.1) is 29.0 Å². The van der Waals surface area contributed by atoms with Crippen molar-refractivity contribution in [2.45, 2.75) is 13.3 Å². The number of nitrogens with zero attached hydrogens (tertiary/aromatic N) is 3. The predicted molar refractivity (Wildman–Crippen MR) is 96.8 cm³/mol. The van der Waals surface area contributed by atoms with Crippen LogP contribution < -0.4 is 5.32 Å². The van der Waals surface area contributed by atoms with Crippen LogP contribution in [0.15, 0.2) is 42.6 Å². The third-order valence-electron chi connectivity index (χ3n) is 4.95. The van der Waals surface area contributed by atoms with E-state index in [2.05, 4.69) is 23.3 Å². The summed E-state index contributed by atoms with van der Waals surface area (Å²) in [5.74, 6) is 1.20. The summed E-state index contributed by atoms with van der Waals surface area (Å²) in [6.45, 7) is 2.08. The van der Waals surface area contributed by atoms with Crippen molar-refractivity contribution in [1.82, 2.24) is 9.55 Å². The maximum absolute atomic E-state index is 12.1. The van der Waals surface area contributed by atoms with Gasteiger partial charge in [0.2, 0.25) is 5.91 Å². The third kappa shape index (κ3) is 2.66. The zero-order chi connectivity index (χ0) is 17.6. The van der Waals surface area contributed by atoms with E-state index in [1.807, 2.05) is 48.0 Å². The van der Waals surface area contributed by atoms with Gasteiger partial charge in [-0.05, 0) is 30.5 Å². The molecule has 0 bridgehead atoms. The molecule has 2 heterocycles. The molecule has 1 unspecified atom stereocenters. The summed E-state index contributed by atoms with van der Waals surface area (Å²) in [6.07, 6.45) is 2.72. The first kappa shape index (κ1) is 15.4. The van der Waals surface area contributed by atoms with Crippen molar-refractivity contribution in [3.63, 3.8) is 0 Å². The van der Waals surface area contributed by atoms with Gasteiger partial charge in [0.1, 0.15) is 5.82 Å². The van der Waals surface area contributed by atoms with E-state index < -0.39 is 0 Å². The number of aryl methyl sites for hydroxylation is 1. The lowest BCUT2D eigenvalue weighted by molar-refractivity contribution is -0.117. The van der Waals surface area contributed by atoms with Gasteiger partial charge in [-0.3, -0.25) is 4.79 Å². The van der Waals surface area contributed by atoms with E-state index in [-0.39, 0.29) is 11.8 Å². The van der Waals surface area contributed by atoms with Gasteiger partial charge in [0.25, 0.3) is 0 Å². The Kier molecular flexibility index (Phi) is 3.54. The monoisotopic (exact) mass is 330 g/mol. The first-order valence-corrected chi connectivity index (χ1v) is 8.34. The maximum atomic E-state index is 12.1. The van der Waals surface area contributed by atoms with Gasteiger partial charge in [0, 0.05) is 23.9 Å². The molecule has 25 heavy (non-hydrogen) atoms. The molecule has 1 saturated carbocycles. The summed E-state index contributed by atoms with van der Waals surface area (Å²) in [4.78, 5) is 16.5. The highest BCUT2D eigenvalue weighted by atomic mass is 16.2. The van der Waals surface area contributed by atoms with E-state index in [0.717, 1.165) is 28.6 Å². The molecule has 5 nitrogen and oxygen atoms in total. The third-order valence-corrected chi connectivity index (χ3v) is 4.95. The molecule has 124 valence electrons. The Morgan fingerprint density at radius 2 is 2.12 bits per heavy atom. The van der Waals surface area contributed by atoms with E-state index in [0.29, 0.717) is 17.3 Å². The number of carbonyl (C=O) groups excluding carboxylic acids is 1. The lowest BCUT2D eigenvalue weighted by Crippen LogP contribution is -2.15. The Morgan fingerprint density at radius 1 is 1.36 bits per heavy atom. The summed E-state index contributed by atoms with van der Waals surface area (Å²) in [7, 11) is 1.96. The number of nitrogens with one attached hydrogen (secondary N) is 1. The van der Waals surface area contributed by atoms with Crippen LogP contribution >= 0.6 is 0 Å². The second-order valence-corrected chi connectivity index (χ2v) is 6.68. The molecule has 4 rings (SSSR count). The zero-order valence-electron chi connectivity index (χ0n) is 14.2. The summed E-state index contributed by atoms with van der Waals surface area (Å²) in [6, 6.07) is 13.7. The predicted octanol–water partition coefficient (Wildman–Crippen LogP) is 3.71. The highest BCUT2D eigenvalue weighted by Crippen LogP contribution is 2.38. The van der Waals surface area contributed by atoms with Crippen molar-refractivity contribution in [2.75, 3.05) is 5.32 Å². The smallest absolute Gasteiger partial charge is 0.228 e. The maximum Gasteiger partial charge on any atom is 0.228 e. The Morgan fingerprint density at radius 3 is 2.84 bits per heavy atom. The normalized spacial score (nSPS) is 18.8. The molecule has 0 spiro atoms. The molecule has 2 atom stereocenters. The Bertz CT molecular complexity index is 1030. The minimum atomic E-state index is 0.0466. The molecule has 0 radical (unpaired) electrons. The zero-order valence-corrected chi connectivity index (χ0v) is 14.2. The van der Waals surface area contributed by atoms with Gasteiger partial charge in [-0.25, -0.2) is 4.98 Å². The van der Waals surface area contributed by atoms with Crippen molar-refractivity contribution in [3.8, 4) is 17.3 Å². The summed E-state index contributed by atoms with van der Waals surface area (Å²) in [5.41, 5.74) is 3.44. The SMILES string of the molecule is C[C@@H]1CC1C(=O)Nc1cc2cc(-c3ccccc3C#N)n(C)c2cn1. The average Bonchev–Trinajstić information content (AvgIpc) is 3.27. The van der Waals surface area contributed by atoms with Crippen molar-refractivity contribution >= 4 is 22.6 Å². The van der Waals surface area contributed by atoms with Gasteiger partial charge in [0.15, 0.2) is 0 Å². The summed E-state index contributed by atoms with van der Waals surface area (Å²) >= 11 is 0. The quantitative estimate of drug-likeness (QED) is 0.796. The fourth-order valence-corrected chi connectivity index (χ4v) is 3.27. The highest BCUT2D eigenvalue weighted by Gasteiger charge is 2.39. The average molecular weight is 330 g/mol. The van der Waals surface area contributed by atoms with Crippen LogP contribution in [0.5, 0.6) is 0 Å². The van der Waals surface area contributed by atoms with Crippen LogP contribution in [0, 0.1) is 23.2 Å². The van der Waals surface area contributed by atoms with Crippen LogP contribution in [0.1, 0.15) is 18.9 Å². The second-order valence-electron chi connectivity index (χ2n) is 6.68. The molecule has 1 aliphatic rings. The van der Waals surface area contributed by atoms with Crippen LogP contribution in [0.25, 0.3) is 22.2 Å². The number of pyridine rings is 1. The van der Waals surface area contributed by atoms with Crippen LogP contribution in [-0.2, 0) is 11.8 Å². The largest absolute Gasteiger partial charge is 0.342 e. The number of fused-ring (bicyclic) bond motifs is 1. The van der Waals surface area contributed by atoms with E-state index in [1.54, 1.807) is 6.20 Å². The Labute approximate surface area is 145 Å². The fourth-order valence-electron chi connectivity index (χ4n) is 3.27. The number of aromatic nitrogens is 2. The lowest BCUT2D eigenvalue weighted by Gasteiger charge is -2.06. The molecule has 1 aromatic carbocycles. The lowest BCUT2D eigenvalue weighted by atomic mass is 10.1. The van der Waals surface area contributed by atoms with Gasteiger partial charge in [-0.1, -0.05) is 25.1 Å². The summed E-state index contributed by atoms with van der Waals surface area (Å²) in [5, 5.41) is 13.2. The van der Waals surface area contributed by atoms with Gasteiger partial charge < -0.3 is 9.88 Å². The topological polar surface area (TPSA) is 70.7 Å². The van der Waals surface area contributed by atoms with E-state index in [1.165, 1.54) is 0 Å². The Balaban J connectivity index is 1.72. The number of hydrogen-bond acceptors (Lipinski definition) is 3. The van der Waals surface area contributed by atoms with Crippen molar-refractivity contribution < 1.29 is 4.79 Å². The number of nitriles is 1. The van der Waals surface area contributed by atoms with Gasteiger partial charge in [-0.2, -0.15) is 5.26 Å². The highest BCUT2D eigenvalue weighted by molar-refractivity contribution is 5.96. The van der Waals surface area contributed by atoms with Crippen molar-refractivity contribution in [2.24, 2.45) is 18.9 Å².